The zero-order valence-electron chi connectivity index (χ0n) is 19.7. The number of anilines is 2. The molecule has 0 bridgehead atoms. The van der Waals surface area contributed by atoms with Crippen LogP contribution in [0.2, 0.25) is 0 Å². The molecule has 1 amide bonds. The highest BCUT2D eigenvalue weighted by atomic mass is 32.2. The molecule has 178 valence electrons. The molecule has 0 aliphatic rings. The summed E-state index contributed by atoms with van der Waals surface area (Å²) < 4.78 is 12.7. The number of carbonyl (C=O) groups excluding carboxylic acids is 1. The third-order valence-corrected chi connectivity index (χ3v) is 7.03. The smallest absolute Gasteiger partial charge is 0.274 e. The van der Waals surface area contributed by atoms with Gasteiger partial charge in [-0.25, -0.2) is 4.98 Å². The lowest BCUT2D eigenvalue weighted by atomic mass is 10.2. The zero-order valence-corrected chi connectivity index (χ0v) is 21.3. The van der Waals surface area contributed by atoms with Crippen LogP contribution in [0.15, 0.2) is 28.2 Å². The molecule has 2 aromatic heterocycles. The van der Waals surface area contributed by atoms with Crippen LogP contribution in [0.5, 0.6) is 11.5 Å². The molecule has 3 rings (SSSR count). The van der Waals surface area contributed by atoms with Gasteiger partial charge in [-0.1, -0.05) is 23.1 Å². The molecule has 9 nitrogen and oxygen atoms in total. The van der Waals surface area contributed by atoms with E-state index < -0.39 is 0 Å². The number of nitrogens with zero attached hydrogens (tertiary/aromatic N) is 4. The van der Waals surface area contributed by atoms with Gasteiger partial charge in [-0.05, 0) is 39.8 Å². The first-order chi connectivity index (χ1) is 15.8. The Bertz CT molecular complexity index is 1190. The minimum Gasteiger partial charge on any atom is -0.497 e. The van der Waals surface area contributed by atoms with Gasteiger partial charge < -0.3 is 19.7 Å². The fourth-order valence-corrected chi connectivity index (χ4v) is 5.26. The van der Waals surface area contributed by atoms with E-state index >= 15 is 0 Å². The number of fused-ring (bicyclic) bond motifs is 1. The number of aromatic nitrogens is 3. The Hall–Kier alpha value is -2.79. The minimum atomic E-state index is -0.252. The molecule has 0 unspecified atom stereocenters. The number of methoxy groups -OCH3 is 2. The monoisotopic (exact) mass is 491 g/mol. The second-order valence-corrected chi connectivity index (χ2v) is 9.31. The average Bonchev–Trinajstić information content (AvgIpc) is 3.22. The zero-order chi connectivity index (χ0) is 24.1. The Labute approximate surface area is 201 Å². The number of carbonyl (C=O) groups is 1. The molecule has 3 aromatic rings. The van der Waals surface area contributed by atoms with Crippen LogP contribution in [0.3, 0.4) is 0 Å². The molecule has 0 aliphatic heterocycles. The van der Waals surface area contributed by atoms with Gasteiger partial charge in [-0.3, -0.25) is 14.2 Å². The second-order valence-electron chi connectivity index (χ2n) is 7.39. The first kappa shape index (κ1) is 24.8. The van der Waals surface area contributed by atoms with Gasteiger partial charge in [0.2, 0.25) is 5.91 Å². The van der Waals surface area contributed by atoms with E-state index in [2.05, 4.69) is 20.2 Å². The molecule has 0 aliphatic carbocycles. The molecule has 0 saturated heterocycles. The lowest BCUT2D eigenvalue weighted by Gasteiger charge is -2.15. The fourth-order valence-electron chi connectivity index (χ4n) is 3.27. The molecule has 1 aromatic carbocycles. The van der Waals surface area contributed by atoms with Gasteiger partial charge in [0.1, 0.15) is 16.2 Å². The quantitative estimate of drug-likeness (QED) is 0.335. The minimum absolute atomic E-state index is 0.0675. The van der Waals surface area contributed by atoms with Gasteiger partial charge in [0.25, 0.3) is 5.56 Å². The van der Waals surface area contributed by atoms with Crippen LogP contribution in [0.25, 0.3) is 10.3 Å². The maximum absolute atomic E-state index is 13.2. The Balaban J connectivity index is 1.87. The van der Waals surface area contributed by atoms with Crippen molar-refractivity contribution in [3.8, 4) is 11.5 Å². The largest absolute Gasteiger partial charge is 0.497 e. The van der Waals surface area contributed by atoms with E-state index in [4.69, 9.17) is 9.47 Å². The molecule has 33 heavy (non-hydrogen) atoms. The summed E-state index contributed by atoms with van der Waals surface area (Å²) in [6, 6.07) is 5.06. The average molecular weight is 492 g/mol. The van der Waals surface area contributed by atoms with E-state index in [9.17, 15) is 9.59 Å². The van der Waals surface area contributed by atoms with E-state index in [1.807, 2.05) is 27.7 Å². The summed E-state index contributed by atoms with van der Waals surface area (Å²) in [7, 11) is 3.09. The number of thioether (sulfide) groups is 1. The third-order valence-electron chi connectivity index (χ3n) is 4.98. The van der Waals surface area contributed by atoms with Crippen molar-refractivity contribution in [1.82, 2.24) is 14.5 Å². The van der Waals surface area contributed by atoms with Crippen LogP contribution in [0.4, 0.5) is 10.8 Å². The normalized spacial score (nSPS) is 11.1. The first-order valence-corrected chi connectivity index (χ1v) is 12.5. The third kappa shape index (κ3) is 5.41. The van der Waals surface area contributed by atoms with Crippen LogP contribution in [0.1, 0.15) is 33.7 Å². The van der Waals surface area contributed by atoms with E-state index in [1.165, 1.54) is 30.2 Å². The Morgan fingerprint density at radius 2 is 1.94 bits per heavy atom. The number of nitrogens with one attached hydrogen (secondary N) is 1. The van der Waals surface area contributed by atoms with E-state index in [0.717, 1.165) is 18.2 Å². The van der Waals surface area contributed by atoms with Crippen molar-refractivity contribution in [2.45, 2.75) is 38.9 Å². The van der Waals surface area contributed by atoms with Crippen LogP contribution in [-0.4, -0.2) is 53.5 Å². The molecule has 1 N–H and O–H groups in total. The molecule has 0 atom stereocenters. The van der Waals surface area contributed by atoms with Crippen LogP contribution < -0.4 is 25.2 Å². The van der Waals surface area contributed by atoms with Crippen molar-refractivity contribution in [1.29, 1.82) is 0 Å². The fraction of sp³-hybridized carbons (Fsp3) is 0.455. The summed E-state index contributed by atoms with van der Waals surface area (Å²) in [4.78, 5) is 37.2. The molecular formula is C22H29N5O4S2. The Kier molecular flexibility index (Phi) is 8.20. The van der Waals surface area contributed by atoms with Gasteiger partial charge in [0.05, 0.1) is 25.7 Å². The van der Waals surface area contributed by atoms with Crippen LogP contribution in [0, 0.1) is 0 Å². The maximum Gasteiger partial charge on any atom is 0.274 e. The van der Waals surface area contributed by atoms with Crippen molar-refractivity contribution in [3.05, 3.63) is 28.6 Å². The number of thiazole rings is 1. The summed E-state index contributed by atoms with van der Waals surface area (Å²) in [6.07, 6.45) is 0. The molecule has 0 saturated carbocycles. The topological polar surface area (TPSA) is 98.6 Å². The maximum atomic E-state index is 13.2. The Morgan fingerprint density at radius 3 is 2.55 bits per heavy atom. The first-order valence-electron chi connectivity index (χ1n) is 10.7. The lowest BCUT2D eigenvalue weighted by Crippen LogP contribution is -2.25. The van der Waals surface area contributed by atoms with Crippen molar-refractivity contribution < 1.29 is 14.3 Å². The number of amides is 1. The number of hydrogen-bond donors (Lipinski definition) is 1. The number of hydrogen-bond acceptors (Lipinski definition) is 9. The molecular weight excluding hydrogens is 462 g/mol. The van der Waals surface area contributed by atoms with Gasteiger partial charge in [0.15, 0.2) is 15.9 Å². The van der Waals surface area contributed by atoms with Crippen molar-refractivity contribution in [2.24, 2.45) is 0 Å². The second kappa shape index (κ2) is 10.9. The molecule has 0 radical (unpaired) electrons. The Morgan fingerprint density at radius 1 is 1.21 bits per heavy atom. The summed E-state index contributed by atoms with van der Waals surface area (Å²) >= 11 is 2.56. The highest BCUT2D eigenvalue weighted by Gasteiger charge is 2.20. The van der Waals surface area contributed by atoms with Gasteiger partial charge in [-0.2, -0.15) is 4.98 Å². The number of ether oxygens (including phenoxy) is 2. The number of rotatable bonds is 10. The van der Waals surface area contributed by atoms with Crippen LogP contribution >= 0.6 is 23.1 Å². The van der Waals surface area contributed by atoms with E-state index in [1.54, 1.807) is 29.9 Å². The van der Waals surface area contributed by atoms with Gasteiger partial charge >= 0.3 is 0 Å². The van der Waals surface area contributed by atoms with Crippen LogP contribution in [-0.2, 0) is 4.79 Å². The molecule has 11 heteroatoms. The predicted octanol–water partition coefficient (Wildman–Crippen LogP) is 4.03. The molecule has 0 fully saturated rings. The van der Waals surface area contributed by atoms with Crippen molar-refractivity contribution in [2.75, 3.05) is 43.3 Å². The van der Waals surface area contributed by atoms with Crippen molar-refractivity contribution >= 4 is 50.2 Å². The molecule has 0 spiro atoms. The highest BCUT2D eigenvalue weighted by Crippen LogP contribution is 2.30. The lowest BCUT2D eigenvalue weighted by molar-refractivity contribution is -0.113. The SMILES string of the molecule is CCN(CC)c1nc2nc(SCC(=O)Nc3cc(OC)ccc3OC)n(C(C)C)c(=O)c2s1. The standard InChI is InChI=1S/C22H29N5O4S2/c1-7-26(8-2)21-24-19-18(33-21)20(29)27(13(3)4)22(25-19)32-12-17(28)23-15-11-14(30-5)9-10-16(15)31-6/h9-11,13H,7-8,12H2,1-6H3,(H,23,28). The van der Waals surface area contributed by atoms with Crippen molar-refractivity contribution in [3.63, 3.8) is 0 Å². The summed E-state index contributed by atoms with van der Waals surface area (Å²) in [5.41, 5.74) is 0.792. The summed E-state index contributed by atoms with van der Waals surface area (Å²) in [5.74, 6) is 0.947. The van der Waals surface area contributed by atoms with Gasteiger partial charge in [0, 0.05) is 25.2 Å². The summed E-state index contributed by atoms with van der Waals surface area (Å²) in [6.45, 7) is 9.53. The van der Waals surface area contributed by atoms with Gasteiger partial charge in [-0.15, -0.1) is 0 Å². The number of benzene rings is 1. The predicted molar refractivity (Wildman–Crippen MR) is 135 cm³/mol. The highest BCUT2D eigenvalue weighted by molar-refractivity contribution is 7.99. The van der Waals surface area contributed by atoms with E-state index in [-0.39, 0.29) is 23.3 Å². The summed E-state index contributed by atoms with van der Waals surface area (Å²) in [5, 5.41) is 4.08. The van der Waals surface area contributed by atoms with E-state index in [0.29, 0.717) is 32.7 Å². The molecule has 2 heterocycles.